The van der Waals surface area contributed by atoms with Gasteiger partial charge in [-0.1, -0.05) is 30.3 Å². The second-order valence-electron chi connectivity index (χ2n) is 7.21. The lowest BCUT2D eigenvalue weighted by Gasteiger charge is -2.35. The number of halogens is 1. The fraction of sp³-hybridized carbons (Fsp3) is 0.227. The van der Waals surface area contributed by atoms with Crippen LogP contribution < -0.4 is 9.64 Å². The molecule has 1 saturated heterocycles. The molecule has 1 aliphatic rings. The van der Waals surface area contributed by atoms with Gasteiger partial charge in [-0.25, -0.2) is 9.37 Å². The maximum atomic E-state index is 13.9. The van der Waals surface area contributed by atoms with Crippen LogP contribution in [-0.2, 0) is 6.54 Å². The van der Waals surface area contributed by atoms with Gasteiger partial charge in [-0.15, -0.1) is 0 Å². The summed E-state index contributed by atoms with van der Waals surface area (Å²) in [6, 6.07) is 15.4. The van der Waals surface area contributed by atoms with E-state index in [9.17, 15) is 14.5 Å². The van der Waals surface area contributed by atoms with Gasteiger partial charge in [0.2, 0.25) is 5.82 Å². The van der Waals surface area contributed by atoms with Crippen LogP contribution in [0, 0.1) is 27.3 Å². The Balaban J connectivity index is 1.52. The number of nitriles is 1. The molecule has 2 aromatic carbocycles. The lowest BCUT2D eigenvalue weighted by molar-refractivity contribution is -0.385. The Bertz CT molecular complexity index is 1160. The number of rotatable bonds is 6. The number of nitro groups is 1. The summed E-state index contributed by atoms with van der Waals surface area (Å²) < 4.78 is 19.4. The van der Waals surface area contributed by atoms with Crippen molar-refractivity contribution in [3.8, 4) is 17.7 Å². The first kappa shape index (κ1) is 21.1. The van der Waals surface area contributed by atoms with Gasteiger partial charge in [0.05, 0.1) is 10.5 Å². The minimum absolute atomic E-state index is 0.00179. The van der Waals surface area contributed by atoms with Crippen LogP contribution in [0.5, 0.6) is 11.6 Å². The van der Waals surface area contributed by atoms with E-state index in [1.165, 1.54) is 24.0 Å². The van der Waals surface area contributed by atoms with E-state index in [4.69, 9.17) is 10.00 Å². The van der Waals surface area contributed by atoms with E-state index in [-0.39, 0.29) is 28.7 Å². The third-order valence-corrected chi connectivity index (χ3v) is 5.15. The molecule has 0 unspecified atom stereocenters. The smallest absolute Gasteiger partial charge is 0.373 e. The minimum Gasteiger partial charge on any atom is -0.433 e. The minimum atomic E-state index is -0.781. The molecule has 32 heavy (non-hydrogen) atoms. The molecule has 2 heterocycles. The van der Waals surface area contributed by atoms with E-state index in [0.717, 1.165) is 12.6 Å². The zero-order chi connectivity index (χ0) is 22.5. The van der Waals surface area contributed by atoms with E-state index in [0.29, 0.717) is 26.2 Å². The van der Waals surface area contributed by atoms with Crippen molar-refractivity contribution in [1.29, 1.82) is 5.26 Å². The standard InChI is InChI=1S/C22H19FN6O3/c23-19-12-18(7-6-17(19)13-24)32-22-20(29(30)31)21(25-15-26-22)28-10-8-27(9-11-28)14-16-4-2-1-3-5-16/h1-7,12,15H,8-11,14H2. The zero-order valence-electron chi connectivity index (χ0n) is 17.0. The van der Waals surface area contributed by atoms with E-state index >= 15 is 0 Å². The normalized spacial score (nSPS) is 14.1. The van der Waals surface area contributed by atoms with Crippen molar-refractivity contribution in [3.63, 3.8) is 0 Å². The summed E-state index contributed by atoms with van der Waals surface area (Å²) in [6.07, 6.45) is 1.19. The van der Waals surface area contributed by atoms with Gasteiger partial charge in [-0.2, -0.15) is 10.2 Å². The van der Waals surface area contributed by atoms with E-state index in [1.807, 2.05) is 23.1 Å². The monoisotopic (exact) mass is 434 g/mol. The van der Waals surface area contributed by atoms with E-state index in [1.54, 1.807) is 6.07 Å². The topological polar surface area (TPSA) is 108 Å². The van der Waals surface area contributed by atoms with Crippen molar-refractivity contribution in [2.75, 3.05) is 31.1 Å². The molecule has 162 valence electrons. The third-order valence-electron chi connectivity index (χ3n) is 5.15. The van der Waals surface area contributed by atoms with Crippen LogP contribution in [0.15, 0.2) is 54.9 Å². The van der Waals surface area contributed by atoms with Gasteiger partial charge in [0.1, 0.15) is 24.0 Å². The van der Waals surface area contributed by atoms with Gasteiger partial charge in [0.25, 0.3) is 0 Å². The third kappa shape index (κ3) is 4.63. The van der Waals surface area contributed by atoms with Gasteiger partial charge in [0.15, 0.2) is 0 Å². The summed E-state index contributed by atoms with van der Waals surface area (Å²) in [7, 11) is 0. The highest BCUT2D eigenvalue weighted by Gasteiger charge is 2.30. The highest BCUT2D eigenvalue weighted by atomic mass is 19.1. The largest absolute Gasteiger partial charge is 0.433 e. The molecule has 0 saturated carbocycles. The highest BCUT2D eigenvalue weighted by Crippen LogP contribution is 2.36. The Morgan fingerprint density at radius 2 is 1.88 bits per heavy atom. The maximum absolute atomic E-state index is 13.9. The quantitative estimate of drug-likeness (QED) is 0.428. The first-order valence-electron chi connectivity index (χ1n) is 9.93. The summed E-state index contributed by atoms with van der Waals surface area (Å²) in [4.78, 5) is 23.4. The Hall–Kier alpha value is -4.10. The molecule has 0 aliphatic carbocycles. The summed E-state index contributed by atoms with van der Waals surface area (Å²) in [5.41, 5.74) is 0.677. The number of anilines is 1. The molecule has 1 aliphatic heterocycles. The first-order chi connectivity index (χ1) is 15.5. The predicted molar refractivity (Wildman–Crippen MR) is 114 cm³/mol. The Morgan fingerprint density at radius 3 is 2.53 bits per heavy atom. The first-order valence-corrected chi connectivity index (χ1v) is 9.93. The van der Waals surface area contributed by atoms with Gasteiger partial charge in [-0.05, 0) is 17.7 Å². The Kier molecular flexibility index (Phi) is 6.19. The fourth-order valence-corrected chi connectivity index (χ4v) is 3.54. The SMILES string of the molecule is N#Cc1ccc(Oc2ncnc(N3CCN(Cc4ccccc4)CC3)c2[N+](=O)[O-])cc1F. The predicted octanol–water partition coefficient (Wildman–Crippen LogP) is 3.51. The molecule has 9 nitrogen and oxygen atoms in total. The Morgan fingerprint density at radius 1 is 1.12 bits per heavy atom. The van der Waals surface area contributed by atoms with Gasteiger partial charge < -0.3 is 9.64 Å². The molecule has 10 heteroatoms. The highest BCUT2D eigenvalue weighted by molar-refractivity contribution is 5.63. The summed E-state index contributed by atoms with van der Waals surface area (Å²) in [5, 5.41) is 20.7. The molecule has 0 amide bonds. The van der Waals surface area contributed by atoms with Crippen LogP contribution in [0.2, 0.25) is 0 Å². The van der Waals surface area contributed by atoms with Crippen molar-refractivity contribution in [2.24, 2.45) is 0 Å². The number of ether oxygens (including phenoxy) is 1. The number of aromatic nitrogens is 2. The molecular formula is C22H19FN6O3. The maximum Gasteiger partial charge on any atom is 0.373 e. The fourth-order valence-electron chi connectivity index (χ4n) is 3.54. The molecule has 0 bridgehead atoms. The molecule has 3 aromatic rings. The van der Waals surface area contributed by atoms with Crippen LogP contribution in [-0.4, -0.2) is 46.0 Å². The van der Waals surface area contributed by atoms with Crippen LogP contribution in [0.4, 0.5) is 15.9 Å². The molecule has 1 aromatic heterocycles. The average molecular weight is 434 g/mol. The summed E-state index contributed by atoms with van der Waals surface area (Å²) >= 11 is 0. The van der Waals surface area contributed by atoms with E-state index < -0.39 is 10.7 Å². The molecule has 0 atom stereocenters. The second-order valence-corrected chi connectivity index (χ2v) is 7.21. The van der Waals surface area contributed by atoms with Crippen LogP contribution in [0.3, 0.4) is 0 Å². The van der Waals surface area contributed by atoms with Crippen LogP contribution in [0.1, 0.15) is 11.1 Å². The van der Waals surface area contributed by atoms with Crippen molar-refractivity contribution < 1.29 is 14.1 Å². The van der Waals surface area contributed by atoms with Crippen molar-refractivity contribution >= 4 is 11.5 Å². The van der Waals surface area contributed by atoms with Crippen molar-refractivity contribution in [3.05, 3.63) is 81.9 Å². The number of benzene rings is 2. The van der Waals surface area contributed by atoms with E-state index in [2.05, 4.69) is 27.0 Å². The van der Waals surface area contributed by atoms with Crippen molar-refractivity contribution in [1.82, 2.24) is 14.9 Å². The van der Waals surface area contributed by atoms with Gasteiger partial charge in [-0.3, -0.25) is 15.0 Å². The Labute approximate surface area is 183 Å². The summed E-state index contributed by atoms with van der Waals surface area (Å²) in [5.74, 6) is -0.900. The summed E-state index contributed by atoms with van der Waals surface area (Å²) in [6.45, 7) is 3.34. The van der Waals surface area contributed by atoms with Crippen molar-refractivity contribution in [2.45, 2.75) is 6.54 Å². The molecule has 0 spiro atoms. The number of hydrogen-bond acceptors (Lipinski definition) is 8. The van der Waals surface area contributed by atoms with Gasteiger partial charge in [0, 0.05) is 38.8 Å². The lowest BCUT2D eigenvalue weighted by atomic mass is 10.2. The molecule has 4 rings (SSSR count). The van der Waals surface area contributed by atoms with Crippen LogP contribution >= 0.6 is 0 Å². The lowest BCUT2D eigenvalue weighted by Crippen LogP contribution is -2.46. The second kappa shape index (κ2) is 9.36. The van der Waals surface area contributed by atoms with Gasteiger partial charge >= 0.3 is 11.6 Å². The number of nitrogens with zero attached hydrogens (tertiary/aromatic N) is 6. The molecular weight excluding hydrogens is 415 g/mol. The zero-order valence-corrected chi connectivity index (χ0v) is 17.0. The number of piperazine rings is 1. The molecule has 0 N–H and O–H groups in total. The van der Waals surface area contributed by atoms with Crippen LogP contribution in [0.25, 0.3) is 0 Å². The molecule has 0 radical (unpaired) electrons. The molecule has 1 fully saturated rings. The average Bonchev–Trinajstić information content (AvgIpc) is 2.80. The number of hydrogen-bond donors (Lipinski definition) is 0.